The number of nitrogens with two attached hydrogens (primary N) is 1. The minimum absolute atomic E-state index is 0.112. The maximum atomic E-state index is 13.4. The first-order chi connectivity index (χ1) is 15.0. The van der Waals surface area contributed by atoms with Crippen molar-refractivity contribution in [1.29, 1.82) is 0 Å². The van der Waals surface area contributed by atoms with E-state index in [9.17, 15) is 13.6 Å². The quantitative estimate of drug-likeness (QED) is 0.666. The zero-order valence-electron chi connectivity index (χ0n) is 16.8. The smallest absolute Gasteiger partial charge is 0.261 e. The van der Waals surface area contributed by atoms with E-state index in [1.165, 1.54) is 36.4 Å². The van der Waals surface area contributed by atoms with E-state index in [-0.39, 0.29) is 36.1 Å². The number of aromatic nitrogens is 2. The third-order valence-electron chi connectivity index (χ3n) is 5.31. The summed E-state index contributed by atoms with van der Waals surface area (Å²) < 4.78 is 32.0. The van der Waals surface area contributed by atoms with Crippen LogP contribution in [0.25, 0.3) is 11.1 Å². The fourth-order valence-corrected chi connectivity index (χ4v) is 3.79. The molecular formula is C23H22F2N4O2. The number of rotatable bonds is 5. The van der Waals surface area contributed by atoms with Gasteiger partial charge in [-0.05, 0) is 61.2 Å². The van der Waals surface area contributed by atoms with Crippen LogP contribution >= 0.6 is 0 Å². The number of hydrogen-bond donors (Lipinski definition) is 1. The van der Waals surface area contributed by atoms with Gasteiger partial charge in [-0.15, -0.1) is 0 Å². The van der Waals surface area contributed by atoms with E-state index in [4.69, 9.17) is 10.5 Å². The maximum Gasteiger partial charge on any atom is 0.261 e. The Hall–Kier alpha value is -3.55. The number of nitrogens with zero attached hydrogens (tertiary/aromatic N) is 3. The number of hydrogen-bond acceptors (Lipinski definition) is 5. The molecule has 2 N–H and O–H groups in total. The van der Waals surface area contributed by atoms with Gasteiger partial charge in [0.15, 0.2) is 6.61 Å². The van der Waals surface area contributed by atoms with Crippen molar-refractivity contribution >= 4 is 11.9 Å². The van der Waals surface area contributed by atoms with E-state index < -0.39 is 0 Å². The summed E-state index contributed by atoms with van der Waals surface area (Å²) in [5.41, 5.74) is 7.95. The summed E-state index contributed by atoms with van der Waals surface area (Å²) >= 11 is 0. The Kier molecular flexibility index (Phi) is 6.06. The molecule has 0 aliphatic carbocycles. The summed E-state index contributed by atoms with van der Waals surface area (Å²) in [6, 6.07) is 11.3. The van der Waals surface area contributed by atoms with Crippen LogP contribution in [0.15, 0.2) is 54.7 Å². The lowest BCUT2D eigenvalue weighted by Gasteiger charge is -2.36. The number of piperidine rings is 1. The van der Waals surface area contributed by atoms with Crippen LogP contribution in [0.4, 0.5) is 14.7 Å². The fraction of sp³-hybridized carbons (Fsp3) is 0.261. The number of carbonyl (C=O) groups is 1. The molecule has 0 unspecified atom stereocenters. The Morgan fingerprint density at radius 3 is 2.45 bits per heavy atom. The predicted octanol–water partition coefficient (Wildman–Crippen LogP) is 4.14. The molecular weight excluding hydrogens is 402 g/mol. The Balaban J connectivity index is 1.59. The molecule has 0 spiro atoms. The van der Waals surface area contributed by atoms with Crippen LogP contribution in [0.1, 0.15) is 31.0 Å². The number of anilines is 1. The Morgan fingerprint density at radius 2 is 1.74 bits per heavy atom. The monoisotopic (exact) mass is 424 g/mol. The second-order valence-corrected chi connectivity index (χ2v) is 7.38. The minimum atomic E-state index is -0.371. The summed E-state index contributed by atoms with van der Waals surface area (Å²) in [6.07, 6.45) is 4.12. The van der Waals surface area contributed by atoms with Crippen molar-refractivity contribution in [3.05, 3.63) is 72.1 Å². The molecule has 1 aliphatic heterocycles. The first-order valence-corrected chi connectivity index (χ1v) is 10.1. The Labute approximate surface area is 178 Å². The molecule has 4 rings (SSSR count). The number of halogens is 2. The number of carbonyl (C=O) groups excluding carboxylic acids is 1. The van der Waals surface area contributed by atoms with Gasteiger partial charge < -0.3 is 15.4 Å². The average molecular weight is 424 g/mol. The zero-order valence-corrected chi connectivity index (χ0v) is 16.8. The van der Waals surface area contributed by atoms with Gasteiger partial charge in [0.2, 0.25) is 5.95 Å². The van der Waals surface area contributed by atoms with Gasteiger partial charge in [0, 0.05) is 18.3 Å². The van der Waals surface area contributed by atoms with Crippen LogP contribution in [0.2, 0.25) is 0 Å². The molecule has 2 heterocycles. The normalized spacial score (nSPS) is 16.2. The van der Waals surface area contributed by atoms with E-state index in [2.05, 4.69) is 9.97 Å². The van der Waals surface area contributed by atoms with Crippen molar-refractivity contribution in [3.63, 3.8) is 0 Å². The van der Waals surface area contributed by atoms with E-state index in [1.807, 2.05) is 0 Å². The standard InChI is InChI=1S/C23H22F2N4O2/c24-16-6-4-15(5-7-16)19-13-27-23(26)28-22(19)20-3-1-2-12-29(20)21(30)14-31-18-10-8-17(25)9-11-18/h4-11,13,20H,1-3,12,14H2,(H2,26,27,28)/t20-/m0/s1. The summed E-state index contributed by atoms with van der Waals surface area (Å²) in [7, 11) is 0. The van der Waals surface area contributed by atoms with E-state index in [0.717, 1.165) is 18.4 Å². The van der Waals surface area contributed by atoms with E-state index >= 15 is 0 Å². The van der Waals surface area contributed by atoms with Gasteiger partial charge in [0.1, 0.15) is 17.4 Å². The first kappa shape index (κ1) is 20.7. The van der Waals surface area contributed by atoms with Gasteiger partial charge in [0.25, 0.3) is 5.91 Å². The van der Waals surface area contributed by atoms with Crippen LogP contribution in [-0.2, 0) is 4.79 Å². The molecule has 31 heavy (non-hydrogen) atoms. The van der Waals surface area contributed by atoms with E-state index in [0.29, 0.717) is 30.0 Å². The third kappa shape index (κ3) is 4.79. The Bertz CT molecular complexity index is 1060. The highest BCUT2D eigenvalue weighted by Gasteiger charge is 2.31. The van der Waals surface area contributed by atoms with Crippen LogP contribution in [0.5, 0.6) is 5.75 Å². The molecule has 1 aliphatic rings. The molecule has 6 nitrogen and oxygen atoms in total. The molecule has 160 valence electrons. The topological polar surface area (TPSA) is 81.3 Å². The lowest BCUT2D eigenvalue weighted by molar-refractivity contribution is -0.137. The molecule has 2 aromatic carbocycles. The molecule has 0 radical (unpaired) electrons. The van der Waals surface area contributed by atoms with Crippen LogP contribution in [0.3, 0.4) is 0 Å². The molecule has 1 aromatic heterocycles. The molecule has 3 aromatic rings. The lowest BCUT2D eigenvalue weighted by Crippen LogP contribution is -2.41. The Morgan fingerprint density at radius 1 is 1.06 bits per heavy atom. The summed E-state index contributed by atoms with van der Waals surface area (Å²) in [5, 5.41) is 0. The van der Waals surface area contributed by atoms with Gasteiger partial charge in [-0.25, -0.2) is 18.7 Å². The highest BCUT2D eigenvalue weighted by atomic mass is 19.1. The second-order valence-electron chi connectivity index (χ2n) is 7.38. The predicted molar refractivity (Wildman–Crippen MR) is 112 cm³/mol. The number of ether oxygens (including phenoxy) is 1. The molecule has 1 fully saturated rings. The van der Waals surface area contributed by atoms with Crippen molar-refractivity contribution in [2.24, 2.45) is 0 Å². The van der Waals surface area contributed by atoms with Gasteiger partial charge in [-0.2, -0.15) is 0 Å². The lowest BCUT2D eigenvalue weighted by atomic mass is 9.93. The molecule has 1 atom stereocenters. The highest BCUT2D eigenvalue weighted by Crippen LogP contribution is 2.36. The first-order valence-electron chi connectivity index (χ1n) is 10.1. The van der Waals surface area contributed by atoms with Crippen LogP contribution in [0, 0.1) is 11.6 Å². The molecule has 0 bridgehead atoms. The zero-order chi connectivity index (χ0) is 21.8. The molecule has 1 saturated heterocycles. The molecule has 8 heteroatoms. The fourth-order valence-electron chi connectivity index (χ4n) is 3.79. The average Bonchev–Trinajstić information content (AvgIpc) is 2.79. The van der Waals surface area contributed by atoms with E-state index in [1.54, 1.807) is 23.2 Å². The van der Waals surface area contributed by atoms with Gasteiger partial charge in [-0.3, -0.25) is 4.79 Å². The number of amides is 1. The van der Waals surface area contributed by atoms with Crippen molar-refractivity contribution in [1.82, 2.24) is 14.9 Å². The maximum absolute atomic E-state index is 13.4. The van der Waals surface area contributed by atoms with Gasteiger partial charge in [-0.1, -0.05) is 12.1 Å². The number of likely N-dealkylation sites (tertiary alicyclic amines) is 1. The van der Waals surface area contributed by atoms with Gasteiger partial charge >= 0.3 is 0 Å². The van der Waals surface area contributed by atoms with Crippen LogP contribution in [-0.4, -0.2) is 33.9 Å². The summed E-state index contributed by atoms with van der Waals surface area (Å²) in [6.45, 7) is 0.387. The van der Waals surface area contributed by atoms with Crippen molar-refractivity contribution in [2.45, 2.75) is 25.3 Å². The van der Waals surface area contributed by atoms with Crippen LogP contribution < -0.4 is 10.5 Å². The third-order valence-corrected chi connectivity index (χ3v) is 5.31. The largest absolute Gasteiger partial charge is 0.484 e. The van der Waals surface area contributed by atoms with Crippen molar-refractivity contribution in [3.8, 4) is 16.9 Å². The number of nitrogen functional groups attached to an aromatic ring is 1. The summed E-state index contributed by atoms with van der Waals surface area (Å²) in [4.78, 5) is 23.3. The molecule has 0 saturated carbocycles. The van der Waals surface area contributed by atoms with Crippen molar-refractivity contribution in [2.75, 3.05) is 18.9 Å². The molecule has 1 amide bonds. The van der Waals surface area contributed by atoms with Gasteiger partial charge in [0.05, 0.1) is 11.7 Å². The SMILES string of the molecule is Nc1ncc(-c2ccc(F)cc2)c([C@@H]2CCCCN2C(=O)COc2ccc(F)cc2)n1. The minimum Gasteiger partial charge on any atom is -0.484 e. The highest BCUT2D eigenvalue weighted by molar-refractivity contribution is 5.79. The number of benzene rings is 2. The second kappa shape index (κ2) is 9.07. The van der Waals surface area contributed by atoms with Crippen molar-refractivity contribution < 1.29 is 18.3 Å². The summed E-state index contributed by atoms with van der Waals surface area (Å²) in [5.74, 6) is -0.377.